The van der Waals surface area contributed by atoms with E-state index in [1.807, 2.05) is 37.3 Å². The van der Waals surface area contributed by atoms with Gasteiger partial charge in [0.25, 0.3) is 0 Å². The van der Waals surface area contributed by atoms with Crippen molar-refractivity contribution in [3.05, 3.63) is 35.9 Å². The van der Waals surface area contributed by atoms with Crippen molar-refractivity contribution in [1.82, 2.24) is 0 Å². The molecule has 3 atom stereocenters. The Bertz CT molecular complexity index is 564. The molecule has 0 radical (unpaired) electrons. The topological polar surface area (TPSA) is 46.5 Å². The second-order valence-corrected chi connectivity index (χ2v) is 7.97. The van der Waals surface area contributed by atoms with Crippen LogP contribution in [0, 0.1) is 0 Å². The first-order chi connectivity index (χ1) is 11.4. The SMILES string of the molecule is CC[C@](CO)(C(=O)OC1C[C@@H]2CC[C@@H](C1)[N+]2(C)C)c1ccccc1. The number of quaternary nitrogens is 1. The maximum atomic E-state index is 13.0. The average Bonchev–Trinajstić information content (AvgIpc) is 2.76. The molecule has 0 saturated carbocycles. The number of nitrogens with zero attached hydrogens (tertiary/aromatic N) is 1. The number of hydrogen-bond acceptors (Lipinski definition) is 3. The molecule has 0 aliphatic carbocycles. The van der Waals surface area contributed by atoms with Gasteiger partial charge in [-0.1, -0.05) is 37.3 Å². The largest absolute Gasteiger partial charge is 0.461 e. The molecule has 4 nitrogen and oxygen atoms in total. The number of piperidine rings is 1. The van der Waals surface area contributed by atoms with Crippen LogP contribution in [0.25, 0.3) is 0 Å². The fraction of sp³-hybridized carbons (Fsp3) is 0.650. The minimum atomic E-state index is -0.942. The number of benzene rings is 1. The number of carbonyl (C=O) groups is 1. The fourth-order valence-electron chi connectivity index (χ4n) is 4.68. The van der Waals surface area contributed by atoms with Gasteiger partial charge in [-0.2, -0.15) is 0 Å². The zero-order valence-corrected chi connectivity index (χ0v) is 15.1. The molecule has 4 heteroatoms. The highest BCUT2D eigenvalue weighted by Gasteiger charge is 2.51. The second-order valence-electron chi connectivity index (χ2n) is 7.97. The highest BCUT2D eigenvalue weighted by molar-refractivity contribution is 5.83. The van der Waals surface area contributed by atoms with Crippen molar-refractivity contribution in [2.24, 2.45) is 0 Å². The second kappa shape index (κ2) is 6.49. The Morgan fingerprint density at radius 1 is 1.21 bits per heavy atom. The van der Waals surface area contributed by atoms with E-state index in [0.717, 1.165) is 22.9 Å². The molecule has 132 valence electrons. The van der Waals surface area contributed by atoms with Crippen LogP contribution in [0.2, 0.25) is 0 Å². The molecule has 2 aliphatic rings. The maximum Gasteiger partial charge on any atom is 0.319 e. The van der Waals surface area contributed by atoms with Crippen molar-refractivity contribution in [1.29, 1.82) is 0 Å². The predicted octanol–water partition coefficient (Wildman–Crippen LogP) is 2.64. The Labute approximate surface area is 145 Å². The van der Waals surface area contributed by atoms with E-state index >= 15 is 0 Å². The summed E-state index contributed by atoms with van der Waals surface area (Å²) in [6.07, 6.45) is 4.85. The summed E-state index contributed by atoms with van der Waals surface area (Å²) in [7, 11) is 4.60. The number of ether oxygens (including phenoxy) is 1. The molecule has 24 heavy (non-hydrogen) atoms. The van der Waals surface area contributed by atoms with Gasteiger partial charge in [-0.15, -0.1) is 0 Å². The molecule has 0 amide bonds. The van der Waals surface area contributed by atoms with Gasteiger partial charge in [-0.25, -0.2) is 0 Å². The maximum absolute atomic E-state index is 13.0. The van der Waals surface area contributed by atoms with Gasteiger partial charge in [0, 0.05) is 25.7 Å². The number of aliphatic hydroxyl groups is 1. The number of rotatable bonds is 5. The standard InChI is InChI=1S/C20H30NO3/c1-4-20(14-22,15-8-6-5-7-9-15)19(23)24-18-12-16-10-11-17(13-18)21(16,2)3/h5-9,16-18,22H,4,10-14H2,1-3H3/q+1/t16-,17-,20+/m0/s1. The number of hydrogen-bond donors (Lipinski definition) is 1. The molecule has 1 N–H and O–H groups in total. The Balaban J connectivity index is 1.76. The monoisotopic (exact) mass is 332 g/mol. The van der Waals surface area contributed by atoms with Crippen LogP contribution in [0.3, 0.4) is 0 Å². The molecule has 2 aliphatic heterocycles. The third-order valence-electron chi connectivity index (χ3n) is 6.65. The van der Waals surface area contributed by atoms with Crippen LogP contribution < -0.4 is 0 Å². The summed E-state index contributed by atoms with van der Waals surface area (Å²) < 4.78 is 7.02. The lowest BCUT2D eigenvalue weighted by molar-refractivity contribution is -0.931. The molecule has 2 fully saturated rings. The quantitative estimate of drug-likeness (QED) is 0.666. The molecule has 2 saturated heterocycles. The highest BCUT2D eigenvalue weighted by Crippen LogP contribution is 2.41. The van der Waals surface area contributed by atoms with Gasteiger partial charge in [0.15, 0.2) is 0 Å². The number of carbonyl (C=O) groups excluding carboxylic acids is 1. The van der Waals surface area contributed by atoms with Crippen LogP contribution in [-0.4, -0.2) is 54.4 Å². The van der Waals surface area contributed by atoms with Crippen LogP contribution >= 0.6 is 0 Å². The summed E-state index contributed by atoms with van der Waals surface area (Å²) >= 11 is 0. The minimum absolute atomic E-state index is 0.0117. The molecule has 0 spiro atoms. The Morgan fingerprint density at radius 3 is 2.29 bits per heavy atom. The predicted molar refractivity (Wildman–Crippen MR) is 93.5 cm³/mol. The third-order valence-corrected chi connectivity index (χ3v) is 6.65. The molecule has 2 bridgehead atoms. The molecular formula is C20H30NO3+. The molecule has 3 rings (SSSR count). The Morgan fingerprint density at radius 2 is 1.79 bits per heavy atom. The van der Waals surface area contributed by atoms with Crippen LogP contribution in [0.1, 0.15) is 44.6 Å². The van der Waals surface area contributed by atoms with Crippen LogP contribution in [-0.2, 0) is 14.9 Å². The van der Waals surface area contributed by atoms with E-state index in [2.05, 4.69) is 14.1 Å². The van der Waals surface area contributed by atoms with Gasteiger partial charge in [-0.3, -0.25) is 4.79 Å². The van der Waals surface area contributed by atoms with E-state index in [-0.39, 0.29) is 18.7 Å². The van der Waals surface area contributed by atoms with E-state index in [9.17, 15) is 9.90 Å². The lowest BCUT2D eigenvalue weighted by Gasteiger charge is -2.44. The van der Waals surface area contributed by atoms with Crippen molar-refractivity contribution in [2.75, 3.05) is 20.7 Å². The molecule has 2 heterocycles. The molecule has 0 aromatic heterocycles. The van der Waals surface area contributed by atoms with Crippen molar-refractivity contribution >= 4 is 5.97 Å². The van der Waals surface area contributed by atoms with E-state index in [1.54, 1.807) is 0 Å². The molecule has 1 aromatic carbocycles. The zero-order chi connectivity index (χ0) is 17.4. The lowest BCUT2D eigenvalue weighted by atomic mass is 9.78. The number of fused-ring (bicyclic) bond motifs is 2. The minimum Gasteiger partial charge on any atom is -0.461 e. The summed E-state index contributed by atoms with van der Waals surface area (Å²) in [5.41, 5.74) is -0.0998. The van der Waals surface area contributed by atoms with Crippen LogP contribution in [0.15, 0.2) is 30.3 Å². The van der Waals surface area contributed by atoms with Crippen molar-refractivity contribution in [2.45, 2.75) is 62.6 Å². The third kappa shape index (κ3) is 2.76. The summed E-state index contributed by atoms with van der Waals surface area (Å²) in [5.74, 6) is -0.268. The summed E-state index contributed by atoms with van der Waals surface area (Å²) in [4.78, 5) is 13.0. The van der Waals surface area contributed by atoms with Crippen molar-refractivity contribution < 1.29 is 19.1 Å². The van der Waals surface area contributed by atoms with Gasteiger partial charge >= 0.3 is 5.97 Å². The average molecular weight is 332 g/mol. The summed E-state index contributed by atoms with van der Waals surface area (Å²) in [5, 5.41) is 10.0. The van der Waals surface area contributed by atoms with Gasteiger partial charge in [0.1, 0.15) is 11.5 Å². The lowest BCUT2D eigenvalue weighted by Crippen LogP contribution is -2.56. The van der Waals surface area contributed by atoms with E-state index in [0.29, 0.717) is 18.5 Å². The zero-order valence-electron chi connectivity index (χ0n) is 15.1. The van der Waals surface area contributed by atoms with E-state index in [4.69, 9.17) is 4.74 Å². The number of aliphatic hydroxyl groups excluding tert-OH is 1. The van der Waals surface area contributed by atoms with Crippen LogP contribution in [0.5, 0.6) is 0 Å². The molecule has 1 aromatic rings. The van der Waals surface area contributed by atoms with Gasteiger partial charge in [-0.05, 0) is 12.0 Å². The van der Waals surface area contributed by atoms with Gasteiger partial charge in [0.05, 0.1) is 32.8 Å². The number of esters is 1. The normalized spacial score (nSPS) is 30.6. The smallest absolute Gasteiger partial charge is 0.319 e. The first-order valence-corrected chi connectivity index (χ1v) is 9.15. The van der Waals surface area contributed by atoms with E-state index in [1.165, 1.54) is 12.8 Å². The summed E-state index contributed by atoms with van der Waals surface area (Å²) in [6, 6.07) is 10.7. The molecular weight excluding hydrogens is 302 g/mol. The van der Waals surface area contributed by atoms with Gasteiger partial charge in [0.2, 0.25) is 0 Å². The first-order valence-electron chi connectivity index (χ1n) is 9.15. The van der Waals surface area contributed by atoms with Crippen molar-refractivity contribution in [3.63, 3.8) is 0 Å². The van der Waals surface area contributed by atoms with Gasteiger partial charge < -0.3 is 14.3 Å². The summed E-state index contributed by atoms with van der Waals surface area (Å²) in [6.45, 7) is 1.72. The fourth-order valence-corrected chi connectivity index (χ4v) is 4.68. The Kier molecular flexibility index (Phi) is 4.71. The van der Waals surface area contributed by atoms with E-state index < -0.39 is 5.41 Å². The van der Waals surface area contributed by atoms with Crippen LogP contribution in [0.4, 0.5) is 0 Å². The Hall–Kier alpha value is -1.39. The highest BCUT2D eigenvalue weighted by atomic mass is 16.5. The first kappa shape index (κ1) is 17.4. The molecule has 0 unspecified atom stereocenters. The van der Waals surface area contributed by atoms with Crippen molar-refractivity contribution in [3.8, 4) is 0 Å².